The Labute approximate surface area is 170 Å². The lowest BCUT2D eigenvalue weighted by molar-refractivity contribution is -0.384. The summed E-state index contributed by atoms with van der Waals surface area (Å²) < 4.78 is 0. The Bertz CT molecular complexity index is 979. The van der Waals surface area contributed by atoms with Crippen molar-refractivity contribution in [1.82, 2.24) is 5.32 Å². The summed E-state index contributed by atoms with van der Waals surface area (Å²) in [5, 5.41) is 26.8. The van der Waals surface area contributed by atoms with E-state index in [1.54, 1.807) is 13.8 Å². The zero-order valence-corrected chi connectivity index (χ0v) is 16.2. The van der Waals surface area contributed by atoms with Crippen molar-refractivity contribution >= 4 is 40.5 Å². The predicted octanol–water partition coefficient (Wildman–Crippen LogP) is 3.55. The van der Waals surface area contributed by atoms with Crippen LogP contribution in [0, 0.1) is 26.1 Å². The standard InChI is InChI=1S/C18H17ClN4O6/c1-10(2)16(18(25)20-12-4-3-5-13(9-12)22(26)27)21-17(24)11-6-7-14(19)15(8-11)23(28)29/h3-10,16H,1-2H3,(H,20,25)(H,21,24). The molecule has 0 saturated carbocycles. The molecule has 0 spiro atoms. The highest BCUT2D eigenvalue weighted by Crippen LogP contribution is 2.25. The maximum atomic E-state index is 12.6. The maximum absolute atomic E-state index is 12.6. The molecule has 2 aromatic carbocycles. The first kappa shape index (κ1) is 21.8. The molecule has 0 bridgehead atoms. The molecule has 1 atom stereocenters. The minimum Gasteiger partial charge on any atom is -0.340 e. The Morgan fingerprint density at radius 2 is 1.72 bits per heavy atom. The molecule has 1 unspecified atom stereocenters. The molecule has 0 aliphatic heterocycles. The summed E-state index contributed by atoms with van der Waals surface area (Å²) in [6.07, 6.45) is 0. The van der Waals surface area contributed by atoms with E-state index < -0.39 is 33.4 Å². The number of amides is 2. The topological polar surface area (TPSA) is 144 Å². The minimum atomic E-state index is -0.989. The van der Waals surface area contributed by atoms with Gasteiger partial charge >= 0.3 is 0 Å². The average molecular weight is 421 g/mol. The normalized spacial score (nSPS) is 11.6. The van der Waals surface area contributed by atoms with Crippen molar-refractivity contribution in [3.8, 4) is 0 Å². The van der Waals surface area contributed by atoms with E-state index in [2.05, 4.69) is 10.6 Å². The Morgan fingerprint density at radius 3 is 2.31 bits per heavy atom. The van der Waals surface area contributed by atoms with Crippen LogP contribution in [-0.2, 0) is 4.79 Å². The van der Waals surface area contributed by atoms with Gasteiger partial charge in [-0.1, -0.05) is 31.5 Å². The molecule has 29 heavy (non-hydrogen) atoms. The molecule has 0 fully saturated rings. The molecule has 152 valence electrons. The molecule has 2 rings (SSSR count). The van der Waals surface area contributed by atoms with Crippen LogP contribution in [0.3, 0.4) is 0 Å². The lowest BCUT2D eigenvalue weighted by Gasteiger charge is -2.21. The predicted molar refractivity (Wildman–Crippen MR) is 106 cm³/mol. The number of nitro benzene ring substituents is 2. The Kier molecular flexibility index (Phi) is 6.84. The highest BCUT2D eigenvalue weighted by molar-refractivity contribution is 6.32. The second-order valence-corrected chi connectivity index (χ2v) is 6.82. The van der Waals surface area contributed by atoms with Gasteiger partial charge in [-0.3, -0.25) is 29.8 Å². The first-order valence-electron chi connectivity index (χ1n) is 8.40. The number of hydrogen-bond acceptors (Lipinski definition) is 6. The van der Waals surface area contributed by atoms with Crippen molar-refractivity contribution in [1.29, 1.82) is 0 Å². The molecule has 0 aliphatic rings. The molecule has 0 heterocycles. The second-order valence-electron chi connectivity index (χ2n) is 6.42. The third kappa shape index (κ3) is 5.48. The number of halogens is 1. The lowest BCUT2D eigenvalue weighted by atomic mass is 10.0. The largest absolute Gasteiger partial charge is 0.340 e. The molecule has 2 amide bonds. The summed E-state index contributed by atoms with van der Waals surface area (Å²) in [4.78, 5) is 45.7. The van der Waals surface area contributed by atoms with Crippen LogP contribution in [0.15, 0.2) is 42.5 Å². The molecule has 2 N–H and O–H groups in total. The number of non-ortho nitro benzene ring substituents is 1. The van der Waals surface area contributed by atoms with Gasteiger partial charge in [-0.05, 0) is 24.1 Å². The third-order valence-electron chi connectivity index (χ3n) is 3.97. The van der Waals surface area contributed by atoms with E-state index in [0.717, 1.165) is 6.07 Å². The fraction of sp³-hybridized carbons (Fsp3) is 0.222. The van der Waals surface area contributed by atoms with Crippen LogP contribution in [-0.4, -0.2) is 27.7 Å². The minimum absolute atomic E-state index is 0.0325. The fourth-order valence-corrected chi connectivity index (χ4v) is 2.66. The number of carbonyl (C=O) groups is 2. The van der Waals surface area contributed by atoms with Gasteiger partial charge in [0.15, 0.2) is 0 Å². The van der Waals surface area contributed by atoms with E-state index in [-0.39, 0.29) is 27.9 Å². The van der Waals surface area contributed by atoms with Crippen molar-refractivity contribution in [2.75, 3.05) is 5.32 Å². The number of hydrogen-bond donors (Lipinski definition) is 2. The van der Waals surface area contributed by atoms with Gasteiger partial charge in [0.1, 0.15) is 11.1 Å². The monoisotopic (exact) mass is 420 g/mol. The molecular weight excluding hydrogens is 404 g/mol. The van der Waals surface area contributed by atoms with Crippen LogP contribution in [0.1, 0.15) is 24.2 Å². The first-order chi connectivity index (χ1) is 13.6. The van der Waals surface area contributed by atoms with E-state index in [0.29, 0.717) is 0 Å². The van der Waals surface area contributed by atoms with Crippen LogP contribution < -0.4 is 10.6 Å². The average Bonchev–Trinajstić information content (AvgIpc) is 2.65. The van der Waals surface area contributed by atoms with Gasteiger partial charge < -0.3 is 10.6 Å². The number of nitro groups is 2. The SMILES string of the molecule is CC(C)C(NC(=O)c1ccc(Cl)c([N+](=O)[O-])c1)C(=O)Nc1cccc([N+](=O)[O-])c1. The Morgan fingerprint density at radius 1 is 1.03 bits per heavy atom. The van der Waals surface area contributed by atoms with Gasteiger partial charge in [-0.15, -0.1) is 0 Å². The van der Waals surface area contributed by atoms with Crippen molar-refractivity contribution in [3.63, 3.8) is 0 Å². The molecule has 10 nitrogen and oxygen atoms in total. The van der Waals surface area contributed by atoms with Gasteiger partial charge in [0.25, 0.3) is 17.3 Å². The van der Waals surface area contributed by atoms with Crippen LogP contribution in [0.5, 0.6) is 0 Å². The highest BCUT2D eigenvalue weighted by Gasteiger charge is 2.26. The first-order valence-corrected chi connectivity index (χ1v) is 8.78. The van der Waals surface area contributed by atoms with Crippen LogP contribution in [0.2, 0.25) is 5.02 Å². The highest BCUT2D eigenvalue weighted by atomic mass is 35.5. The molecule has 0 aromatic heterocycles. The van der Waals surface area contributed by atoms with E-state index in [9.17, 15) is 29.8 Å². The molecule has 0 saturated heterocycles. The summed E-state index contributed by atoms with van der Waals surface area (Å²) in [5.74, 6) is -1.62. The van der Waals surface area contributed by atoms with Crippen LogP contribution in [0.4, 0.5) is 17.1 Å². The smallest absolute Gasteiger partial charge is 0.288 e. The van der Waals surface area contributed by atoms with Crippen LogP contribution >= 0.6 is 11.6 Å². The quantitative estimate of drug-likeness (QED) is 0.517. The number of nitrogens with zero attached hydrogens (tertiary/aromatic N) is 2. The van der Waals surface area contributed by atoms with Gasteiger partial charge in [0, 0.05) is 29.4 Å². The number of nitrogens with one attached hydrogen (secondary N) is 2. The molecule has 11 heteroatoms. The summed E-state index contributed by atoms with van der Waals surface area (Å²) in [7, 11) is 0. The summed E-state index contributed by atoms with van der Waals surface area (Å²) in [6, 6.07) is 7.94. The van der Waals surface area contributed by atoms with Crippen molar-refractivity contribution in [2.24, 2.45) is 5.92 Å². The number of benzene rings is 2. The molecule has 0 aliphatic carbocycles. The van der Waals surface area contributed by atoms with E-state index in [1.807, 2.05) is 0 Å². The third-order valence-corrected chi connectivity index (χ3v) is 4.28. The van der Waals surface area contributed by atoms with Crippen molar-refractivity contribution in [2.45, 2.75) is 19.9 Å². The summed E-state index contributed by atoms with van der Waals surface area (Å²) in [5.41, 5.74) is -0.455. The van der Waals surface area contributed by atoms with Crippen molar-refractivity contribution < 1.29 is 19.4 Å². The van der Waals surface area contributed by atoms with E-state index >= 15 is 0 Å². The van der Waals surface area contributed by atoms with Gasteiger partial charge in [0.2, 0.25) is 5.91 Å². The number of rotatable bonds is 7. The zero-order chi connectivity index (χ0) is 21.7. The summed E-state index contributed by atoms with van der Waals surface area (Å²) in [6.45, 7) is 3.39. The van der Waals surface area contributed by atoms with E-state index in [1.165, 1.54) is 36.4 Å². The van der Waals surface area contributed by atoms with Crippen molar-refractivity contribution in [3.05, 3.63) is 73.3 Å². The lowest BCUT2D eigenvalue weighted by Crippen LogP contribution is -2.47. The Hall–Kier alpha value is -3.53. The fourth-order valence-electron chi connectivity index (χ4n) is 2.47. The number of anilines is 1. The van der Waals surface area contributed by atoms with Gasteiger partial charge in [-0.25, -0.2) is 0 Å². The maximum Gasteiger partial charge on any atom is 0.288 e. The summed E-state index contributed by atoms with van der Waals surface area (Å²) >= 11 is 5.74. The van der Waals surface area contributed by atoms with E-state index in [4.69, 9.17) is 11.6 Å². The second kappa shape index (κ2) is 9.11. The zero-order valence-electron chi connectivity index (χ0n) is 15.4. The van der Waals surface area contributed by atoms with Crippen LogP contribution in [0.25, 0.3) is 0 Å². The molecule has 0 radical (unpaired) electrons. The molecular formula is C18H17ClN4O6. The molecule has 2 aromatic rings. The Balaban J connectivity index is 2.19. The van der Waals surface area contributed by atoms with Gasteiger partial charge in [-0.2, -0.15) is 0 Å². The van der Waals surface area contributed by atoms with Gasteiger partial charge in [0.05, 0.1) is 9.85 Å². The number of carbonyl (C=O) groups excluding carboxylic acids is 2.